The zero-order chi connectivity index (χ0) is 13.9. The molecule has 0 unspecified atom stereocenters. The fraction of sp³-hybridized carbons (Fsp3) is 1.00. The molecule has 0 aliphatic heterocycles. The van der Waals surface area contributed by atoms with Gasteiger partial charge in [0.25, 0.3) is 0 Å². The maximum absolute atomic E-state index is 9.38. The lowest BCUT2D eigenvalue weighted by Gasteiger charge is -2.42. The van der Waals surface area contributed by atoms with Crippen LogP contribution in [0, 0.1) is 11.8 Å². The van der Waals surface area contributed by atoms with E-state index in [9.17, 15) is 5.11 Å². The van der Waals surface area contributed by atoms with Gasteiger partial charge in [-0.05, 0) is 24.1 Å². The Morgan fingerprint density at radius 3 is 1.88 bits per heavy atom. The molecule has 0 saturated carbocycles. The Bertz CT molecular complexity index is 211. The summed E-state index contributed by atoms with van der Waals surface area (Å²) in [6, 6.07) is 0. The van der Waals surface area contributed by atoms with Gasteiger partial charge >= 0.3 is 0 Å². The van der Waals surface area contributed by atoms with Crippen molar-refractivity contribution in [2.24, 2.45) is 11.8 Å². The maximum Gasteiger partial charge on any atom is 0.192 e. The summed E-state index contributed by atoms with van der Waals surface area (Å²) in [6.45, 7) is 18.1. The standard InChI is InChI=1S/C14H32O2Si/c1-9-11(2)13(12(3)10-15)16-17(7,8)14(4,5)6/h11-13,15H,9-10H2,1-8H3/t11-,12-,13-/m0/s1. The van der Waals surface area contributed by atoms with Crippen LogP contribution in [0.3, 0.4) is 0 Å². The van der Waals surface area contributed by atoms with Crippen LogP contribution < -0.4 is 0 Å². The quantitative estimate of drug-likeness (QED) is 0.730. The minimum atomic E-state index is -1.74. The molecule has 0 aromatic rings. The minimum absolute atomic E-state index is 0.186. The number of hydrogen-bond donors (Lipinski definition) is 1. The van der Waals surface area contributed by atoms with E-state index in [0.717, 1.165) is 6.42 Å². The van der Waals surface area contributed by atoms with Gasteiger partial charge in [-0.1, -0.05) is 48.0 Å². The van der Waals surface area contributed by atoms with Gasteiger partial charge in [0.15, 0.2) is 8.32 Å². The molecule has 3 atom stereocenters. The minimum Gasteiger partial charge on any atom is -0.413 e. The van der Waals surface area contributed by atoms with Gasteiger partial charge in [0, 0.05) is 12.5 Å². The first-order chi connectivity index (χ1) is 7.56. The molecular weight excluding hydrogens is 228 g/mol. The van der Waals surface area contributed by atoms with Gasteiger partial charge in [-0.2, -0.15) is 0 Å². The van der Waals surface area contributed by atoms with Crippen LogP contribution >= 0.6 is 0 Å². The molecule has 3 heteroatoms. The normalized spacial score (nSPS) is 18.9. The Morgan fingerprint density at radius 2 is 1.59 bits per heavy atom. The van der Waals surface area contributed by atoms with Crippen LogP contribution in [-0.4, -0.2) is 26.1 Å². The van der Waals surface area contributed by atoms with Crippen molar-refractivity contribution in [3.05, 3.63) is 0 Å². The molecule has 0 spiro atoms. The van der Waals surface area contributed by atoms with Crippen LogP contribution in [0.1, 0.15) is 48.0 Å². The lowest BCUT2D eigenvalue weighted by molar-refractivity contribution is 0.0445. The van der Waals surface area contributed by atoms with Gasteiger partial charge in [0.2, 0.25) is 0 Å². The number of rotatable bonds is 6. The van der Waals surface area contributed by atoms with Gasteiger partial charge in [-0.3, -0.25) is 0 Å². The van der Waals surface area contributed by atoms with Gasteiger partial charge < -0.3 is 9.53 Å². The summed E-state index contributed by atoms with van der Waals surface area (Å²) in [5, 5.41) is 9.61. The average molecular weight is 260 g/mol. The van der Waals surface area contributed by atoms with Crippen molar-refractivity contribution in [2.75, 3.05) is 6.61 Å². The van der Waals surface area contributed by atoms with E-state index < -0.39 is 8.32 Å². The molecule has 104 valence electrons. The van der Waals surface area contributed by atoms with E-state index in [-0.39, 0.29) is 23.7 Å². The van der Waals surface area contributed by atoms with Crippen LogP contribution in [0.5, 0.6) is 0 Å². The van der Waals surface area contributed by atoms with E-state index >= 15 is 0 Å². The molecule has 0 radical (unpaired) electrons. The van der Waals surface area contributed by atoms with Crippen LogP contribution in [0.25, 0.3) is 0 Å². The zero-order valence-corrected chi connectivity index (χ0v) is 14.0. The predicted octanol–water partition coefficient (Wildman–Crippen LogP) is 4.05. The van der Waals surface area contributed by atoms with Crippen molar-refractivity contribution in [3.8, 4) is 0 Å². The number of hydrogen-bond acceptors (Lipinski definition) is 2. The Labute approximate surface area is 109 Å². The Balaban J connectivity index is 4.87. The van der Waals surface area contributed by atoms with Crippen molar-refractivity contribution >= 4 is 8.32 Å². The first-order valence-electron chi connectivity index (χ1n) is 6.85. The summed E-state index contributed by atoms with van der Waals surface area (Å²) < 4.78 is 6.49. The highest BCUT2D eigenvalue weighted by molar-refractivity contribution is 6.74. The molecule has 1 N–H and O–H groups in total. The Hall–Kier alpha value is 0.137. The molecule has 2 nitrogen and oxygen atoms in total. The average Bonchev–Trinajstić information content (AvgIpc) is 2.22. The SMILES string of the molecule is CC[C@H](C)[C@H](O[Si](C)(C)C(C)(C)C)[C@@H](C)CO. The predicted molar refractivity (Wildman–Crippen MR) is 77.8 cm³/mol. The summed E-state index contributed by atoms with van der Waals surface area (Å²) in [5.41, 5.74) is 0. The molecule has 0 bridgehead atoms. The molecule has 0 fully saturated rings. The summed E-state index contributed by atoms with van der Waals surface area (Å²) in [6.07, 6.45) is 1.29. The van der Waals surface area contributed by atoms with E-state index in [2.05, 4.69) is 54.6 Å². The fourth-order valence-corrected chi connectivity index (χ4v) is 3.14. The molecule has 0 aliphatic rings. The topological polar surface area (TPSA) is 29.5 Å². The van der Waals surface area contributed by atoms with Gasteiger partial charge in [-0.25, -0.2) is 0 Å². The van der Waals surface area contributed by atoms with Gasteiger partial charge in [-0.15, -0.1) is 0 Å². The monoisotopic (exact) mass is 260 g/mol. The second-order valence-corrected chi connectivity index (χ2v) is 11.6. The van der Waals surface area contributed by atoms with E-state index in [1.54, 1.807) is 0 Å². The van der Waals surface area contributed by atoms with Gasteiger partial charge in [0.05, 0.1) is 6.10 Å². The van der Waals surface area contributed by atoms with Crippen LogP contribution in [0.4, 0.5) is 0 Å². The summed E-state index contributed by atoms with van der Waals surface area (Å²) in [5.74, 6) is 0.727. The van der Waals surface area contributed by atoms with E-state index in [0.29, 0.717) is 5.92 Å². The highest BCUT2D eigenvalue weighted by atomic mass is 28.4. The third-order valence-electron chi connectivity index (χ3n) is 4.29. The summed E-state index contributed by atoms with van der Waals surface area (Å²) in [4.78, 5) is 0. The van der Waals surface area contributed by atoms with Crippen LogP contribution in [0.15, 0.2) is 0 Å². The van der Waals surface area contributed by atoms with Crippen LogP contribution in [0.2, 0.25) is 18.1 Å². The molecule has 0 aliphatic carbocycles. The molecule has 0 amide bonds. The molecule has 0 heterocycles. The Kier molecular flexibility index (Phi) is 6.40. The molecule has 0 saturated heterocycles. The first kappa shape index (κ1) is 17.1. The summed E-state index contributed by atoms with van der Waals surface area (Å²) >= 11 is 0. The fourth-order valence-electron chi connectivity index (χ4n) is 1.65. The highest BCUT2D eigenvalue weighted by Crippen LogP contribution is 2.39. The largest absolute Gasteiger partial charge is 0.413 e. The second kappa shape index (κ2) is 6.35. The lowest BCUT2D eigenvalue weighted by atomic mass is 9.92. The van der Waals surface area contributed by atoms with E-state index in [1.807, 2.05) is 0 Å². The summed E-state index contributed by atoms with van der Waals surface area (Å²) in [7, 11) is -1.74. The van der Waals surface area contributed by atoms with Gasteiger partial charge in [0.1, 0.15) is 0 Å². The third kappa shape index (κ3) is 4.72. The van der Waals surface area contributed by atoms with Crippen molar-refractivity contribution in [1.82, 2.24) is 0 Å². The number of aliphatic hydroxyl groups excluding tert-OH is 1. The Morgan fingerprint density at radius 1 is 1.12 bits per heavy atom. The van der Waals surface area contributed by atoms with E-state index in [4.69, 9.17) is 4.43 Å². The lowest BCUT2D eigenvalue weighted by Crippen LogP contribution is -2.47. The molecule has 17 heavy (non-hydrogen) atoms. The van der Waals surface area contributed by atoms with E-state index in [1.165, 1.54) is 0 Å². The molecule has 0 aromatic carbocycles. The number of aliphatic hydroxyl groups is 1. The van der Waals surface area contributed by atoms with Crippen LogP contribution in [-0.2, 0) is 4.43 Å². The van der Waals surface area contributed by atoms with Crippen molar-refractivity contribution in [2.45, 2.75) is 72.2 Å². The van der Waals surface area contributed by atoms with Crippen molar-refractivity contribution in [3.63, 3.8) is 0 Å². The van der Waals surface area contributed by atoms with Crippen molar-refractivity contribution < 1.29 is 9.53 Å². The zero-order valence-electron chi connectivity index (χ0n) is 13.0. The maximum atomic E-state index is 9.38. The first-order valence-corrected chi connectivity index (χ1v) is 9.76. The third-order valence-corrected chi connectivity index (χ3v) is 8.76. The molecule has 0 rings (SSSR count). The molecular formula is C14H32O2Si. The highest BCUT2D eigenvalue weighted by Gasteiger charge is 2.41. The van der Waals surface area contributed by atoms with Crippen molar-refractivity contribution in [1.29, 1.82) is 0 Å². The molecule has 0 aromatic heterocycles. The smallest absolute Gasteiger partial charge is 0.192 e. The second-order valence-electron chi connectivity index (χ2n) is 6.89.